The first-order valence-corrected chi connectivity index (χ1v) is 11.6. The molecule has 1 N–H and O–H groups in total. The molecule has 0 radical (unpaired) electrons. The van der Waals surface area contributed by atoms with E-state index in [-0.39, 0.29) is 17.2 Å². The first-order chi connectivity index (χ1) is 14.7. The molecule has 1 amide bonds. The summed E-state index contributed by atoms with van der Waals surface area (Å²) in [5, 5.41) is 11.3. The van der Waals surface area contributed by atoms with Crippen molar-refractivity contribution in [1.29, 1.82) is 0 Å². The fourth-order valence-electron chi connectivity index (χ4n) is 4.08. The third kappa shape index (κ3) is 6.19. The Kier molecular flexibility index (Phi) is 7.94. The number of hydrogen-bond donors (Lipinski definition) is 1. The molecular weight excluding hydrogens is 457 g/mol. The lowest BCUT2D eigenvalue weighted by atomic mass is 9.71. The summed E-state index contributed by atoms with van der Waals surface area (Å²) >= 11 is 0. The fourth-order valence-corrected chi connectivity index (χ4v) is 5.02. The van der Waals surface area contributed by atoms with Crippen LogP contribution in [0.4, 0.5) is 13.2 Å². The van der Waals surface area contributed by atoms with Crippen molar-refractivity contribution in [2.45, 2.75) is 19.0 Å². The van der Waals surface area contributed by atoms with Gasteiger partial charge in [0.2, 0.25) is 10.0 Å². The fraction of sp³-hybridized carbons (Fsp3) is 0.722. The monoisotopic (exact) mass is 484 g/mol. The number of likely N-dealkylation sites (tertiary alicyclic amines) is 1. The normalized spacial score (nSPS) is 21.3. The molecule has 0 saturated carbocycles. The molecule has 14 heteroatoms. The molecule has 2 aliphatic rings. The maximum atomic E-state index is 12.6. The van der Waals surface area contributed by atoms with Gasteiger partial charge in [-0.1, -0.05) is 0 Å². The van der Waals surface area contributed by atoms with Gasteiger partial charge in [-0.25, -0.2) is 17.5 Å². The number of aryl methyl sites for hydroxylation is 1. The number of nitrogens with zero attached hydrogens (tertiary/aromatic N) is 4. The summed E-state index contributed by atoms with van der Waals surface area (Å²) in [4.78, 5) is 23.3. The van der Waals surface area contributed by atoms with Crippen LogP contribution in [-0.4, -0.2) is 96.7 Å². The summed E-state index contributed by atoms with van der Waals surface area (Å²) in [6.07, 6.45) is -0.499. The summed E-state index contributed by atoms with van der Waals surface area (Å²) in [7, 11) is 0.222. The highest BCUT2D eigenvalue weighted by molar-refractivity contribution is 7.88. The van der Waals surface area contributed by atoms with Gasteiger partial charge >= 0.3 is 12.1 Å². The van der Waals surface area contributed by atoms with Crippen LogP contribution >= 0.6 is 0 Å². The molecule has 32 heavy (non-hydrogen) atoms. The quantitative estimate of drug-likeness (QED) is 0.671. The van der Waals surface area contributed by atoms with E-state index < -0.39 is 22.2 Å². The van der Waals surface area contributed by atoms with E-state index in [2.05, 4.69) is 5.10 Å². The standard InChI is InChI=1S/C16H26N4O4S.C2HF3O2/c1-18-7-4-14(17-18)15(21)19-8-5-16(6-9-19)12-20(25(3,22)23)10-13(16)11-24-2;3-2(4,5)1(6)7/h4,7,13H,5-6,8-12H2,1-3H3;(H,6,7). The third-order valence-electron chi connectivity index (χ3n) is 5.84. The number of aromatic nitrogens is 2. The Morgan fingerprint density at radius 2 is 1.88 bits per heavy atom. The number of carbonyl (C=O) groups excluding carboxylic acids is 1. The molecule has 1 atom stereocenters. The second kappa shape index (κ2) is 9.75. The zero-order valence-corrected chi connectivity index (χ0v) is 18.8. The van der Waals surface area contributed by atoms with Crippen molar-refractivity contribution >= 4 is 21.9 Å². The summed E-state index contributed by atoms with van der Waals surface area (Å²) < 4.78 is 64.2. The molecule has 1 spiro atoms. The van der Waals surface area contributed by atoms with E-state index in [4.69, 9.17) is 14.6 Å². The van der Waals surface area contributed by atoms with Gasteiger partial charge < -0.3 is 14.7 Å². The van der Waals surface area contributed by atoms with Gasteiger partial charge in [-0.05, 0) is 24.3 Å². The number of hydrogen-bond acceptors (Lipinski definition) is 6. The molecule has 2 aliphatic heterocycles. The van der Waals surface area contributed by atoms with Crippen molar-refractivity contribution in [3.05, 3.63) is 18.0 Å². The van der Waals surface area contributed by atoms with Crippen LogP contribution in [0.5, 0.6) is 0 Å². The Balaban J connectivity index is 0.000000451. The number of alkyl halides is 3. The minimum absolute atomic E-state index is 0.0586. The molecule has 2 saturated heterocycles. The zero-order valence-electron chi connectivity index (χ0n) is 18.0. The maximum absolute atomic E-state index is 12.6. The number of amides is 1. The number of rotatable bonds is 4. The molecule has 3 heterocycles. The van der Waals surface area contributed by atoms with Gasteiger partial charge in [-0.15, -0.1) is 0 Å². The van der Waals surface area contributed by atoms with Gasteiger partial charge in [0.25, 0.3) is 5.91 Å². The van der Waals surface area contributed by atoms with E-state index in [0.717, 1.165) is 12.8 Å². The number of halogens is 3. The van der Waals surface area contributed by atoms with E-state index in [1.165, 1.54) is 6.26 Å². The Labute approximate surface area is 184 Å². The smallest absolute Gasteiger partial charge is 0.475 e. The number of carboxylic acid groups (broad SMARTS) is 1. The molecule has 182 valence electrons. The molecule has 1 aromatic heterocycles. The SMILES string of the molecule is COCC1CN(S(C)(=O)=O)CC12CCN(C(=O)c1ccn(C)n1)CC2.O=C(O)C(F)(F)F. The first-order valence-electron chi connectivity index (χ1n) is 9.73. The van der Waals surface area contributed by atoms with Gasteiger partial charge in [0.1, 0.15) is 5.69 Å². The predicted molar refractivity (Wildman–Crippen MR) is 106 cm³/mol. The van der Waals surface area contributed by atoms with Gasteiger partial charge in [-0.3, -0.25) is 9.48 Å². The lowest BCUT2D eigenvalue weighted by Crippen LogP contribution is -2.47. The molecule has 0 bridgehead atoms. The summed E-state index contributed by atoms with van der Waals surface area (Å²) in [5.41, 5.74) is 0.344. The number of carboxylic acids is 1. The van der Waals surface area contributed by atoms with Crippen LogP contribution in [0.25, 0.3) is 0 Å². The minimum atomic E-state index is -5.08. The van der Waals surface area contributed by atoms with Gasteiger partial charge in [0, 0.05) is 52.5 Å². The summed E-state index contributed by atoms with van der Waals surface area (Å²) in [5.74, 6) is -2.65. The van der Waals surface area contributed by atoms with Crippen LogP contribution in [0.3, 0.4) is 0 Å². The highest BCUT2D eigenvalue weighted by atomic mass is 32.2. The molecule has 3 rings (SSSR count). The number of carbonyl (C=O) groups is 2. The zero-order chi connectivity index (χ0) is 24.3. The highest BCUT2D eigenvalue weighted by Crippen LogP contribution is 2.45. The van der Waals surface area contributed by atoms with E-state index >= 15 is 0 Å². The van der Waals surface area contributed by atoms with Crippen LogP contribution in [0.2, 0.25) is 0 Å². The maximum Gasteiger partial charge on any atom is 0.490 e. The third-order valence-corrected chi connectivity index (χ3v) is 7.06. The van der Waals surface area contributed by atoms with Crippen molar-refractivity contribution in [3.63, 3.8) is 0 Å². The number of aliphatic carboxylic acids is 1. The van der Waals surface area contributed by atoms with Crippen LogP contribution < -0.4 is 0 Å². The van der Waals surface area contributed by atoms with Crippen LogP contribution in [0.1, 0.15) is 23.3 Å². The van der Waals surface area contributed by atoms with E-state index in [1.54, 1.807) is 35.4 Å². The van der Waals surface area contributed by atoms with Gasteiger partial charge in [-0.2, -0.15) is 18.3 Å². The molecule has 0 aliphatic carbocycles. The second-order valence-electron chi connectivity index (χ2n) is 8.04. The number of piperidine rings is 1. The number of ether oxygens (including phenoxy) is 1. The first kappa shape index (κ1) is 26.1. The molecule has 0 aromatic carbocycles. The van der Waals surface area contributed by atoms with Crippen molar-refractivity contribution < 1.29 is 41.0 Å². The van der Waals surface area contributed by atoms with Crippen molar-refractivity contribution in [2.75, 3.05) is 46.2 Å². The van der Waals surface area contributed by atoms with E-state index in [9.17, 15) is 26.4 Å². The van der Waals surface area contributed by atoms with Gasteiger partial charge in [0.05, 0.1) is 12.9 Å². The number of sulfonamides is 1. The molecule has 1 aromatic rings. The van der Waals surface area contributed by atoms with Crippen LogP contribution in [0, 0.1) is 11.3 Å². The van der Waals surface area contributed by atoms with Crippen LogP contribution in [-0.2, 0) is 26.6 Å². The molecular formula is C18H27F3N4O6S. The average Bonchev–Trinajstić information content (AvgIpc) is 3.26. The topological polar surface area (TPSA) is 122 Å². The highest BCUT2D eigenvalue weighted by Gasteiger charge is 2.50. The van der Waals surface area contributed by atoms with Crippen LogP contribution in [0.15, 0.2) is 12.3 Å². The van der Waals surface area contributed by atoms with Crippen molar-refractivity contribution in [1.82, 2.24) is 19.0 Å². The van der Waals surface area contributed by atoms with Crippen molar-refractivity contribution in [2.24, 2.45) is 18.4 Å². The lowest BCUT2D eigenvalue weighted by Gasteiger charge is -2.42. The molecule has 1 unspecified atom stereocenters. The average molecular weight is 484 g/mol. The van der Waals surface area contributed by atoms with Gasteiger partial charge in [0.15, 0.2) is 0 Å². The van der Waals surface area contributed by atoms with E-state index in [0.29, 0.717) is 38.5 Å². The Morgan fingerprint density at radius 1 is 1.31 bits per heavy atom. The second-order valence-corrected chi connectivity index (χ2v) is 10.0. The molecule has 2 fully saturated rings. The predicted octanol–water partition coefficient (Wildman–Crippen LogP) is 0.814. The minimum Gasteiger partial charge on any atom is -0.475 e. The number of methoxy groups -OCH3 is 1. The summed E-state index contributed by atoms with van der Waals surface area (Å²) in [6.45, 7) is 2.80. The van der Waals surface area contributed by atoms with E-state index in [1.807, 2.05) is 4.90 Å². The molecule has 10 nitrogen and oxygen atoms in total. The largest absolute Gasteiger partial charge is 0.490 e. The summed E-state index contributed by atoms with van der Waals surface area (Å²) in [6, 6.07) is 1.72. The Bertz CT molecular complexity index is 925. The lowest BCUT2D eigenvalue weighted by molar-refractivity contribution is -0.192. The Hall–Kier alpha value is -2.19. The Morgan fingerprint density at radius 3 is 2.28 bits per heavy atom. The van der Waals surface area contributed by atoms with Crippen molar-refractivity contribution in [3.8, 4) is 0 Å².